The normalized spacial score (nSPS) is 12.4. The third kappa shape index (κ3) is 4.05. The van der Waals surface area contributed by atoms with Gasteiger partial charge in [-0.15, -0.1) is 0 Å². The molecule has 4 heteroatoms. The van der Waals surface area contributed by atoms with Crippen LogP contribution in [0.3, 0.4) is 0 Å². The summed E-state index contributed by atoms with van der Waals surface area (Å²) in [6.07, 6.45) is 0.957. The van der Waals surface area contributed by atoms with Crippen LogP contribution in [0.5, 0.6) is 0 Å². The summed E-state index contributed by atoms with van der Waals surface area (Å²) in [6.45, 7) is 2.80. The molecule has 0 saturated heterocycles. The number of hydrogen-bond acceptors (Lipinski definition) is 1. The fraction of sp³-hybridized carbons (Fsp3) is 0.250. The van der Waals surface area contributed by atoms with E-state index in [1.807, 2.05) is 18.2 Å². The van der Waals surface area contributed by atoms with Gasteiger partial charge in [0.1, 0.15) is 5.82 Å². The molecule has 1 unspecified atom stereocenters. The van der Waals surface area contributed by atoms with Gasteiger partial charge in [-0.3, -0.25) is 0 Å². The fourth-order valence-corrected chi connectivity index (χ4v) is 2.81. The van der Waals surface area contributed by atoms with Crippen molar-refractivity contribution >= 4 is 27.5 Å². The monoisotopic (exact) mass is 355 g/mol. The van der Waals surface area contributed by atoms with Gasteiger partial charge in [-0.1, -0.05) is 52.7 Å². The third-order valence-electron chi connectivity index (χ3n) is 3.21. The molecule has 2 aromatic carbocycles. The molecule has 1 nitrogen and oxygen atoms in total. The van der Waals surface area contributed by atoms with Crippen molar-refractivity contribution in [1.82, 2.24) is 5.32 Å². The van der Waals surface area contributed by atoms with E-state index >= 15 is 0 Å². The number of halogens is 3. The second kappa shape index (κ2) is 7.21. The van der Waals surface area contributed by atoms with Gasteiger partial charge in [0, 0.05) is 22.1 Å². The maximum atomic E-state index is 13.1. The van der Waals surface area contributed by atoms with Crippen LogP contribution in [0.4, 0.5) is 4.39 Å². The lowest BCUT2D eigenvalue weighted by molar-refractivity contribution is 0.517. The Balaban J connectivity index is 2.07. The van der Waals surface area contributed by atoms with E-state index in [4.69, 9.17) is 11.6 Å². The van der Waals surface area contributed by atoms with Gasteiger partial charge in [0.05, 0.1) is 0 Å². The molecule has 0 radical (unpaired) electrons. The van der Waals surface area contributed by atoms with Crippen LogP contribution in [-0.2, 0) is 6.54 Å². The number of benzene rings is 2. The minimum absolute atomic E-state index is 0.227. The Labute approximate surface area is 132 Å². The molecule has 0 spiro atoms. The van der Waals surface area contributed by atoms with Crippen molar-refractivity contribution in [1.29, 1.82) is 0 Å². The summed E-state index contributed by atoms with van der Waals surface area (Å²) in [4.78, 5) is 0. The SMILES string of the molecule is CCC(NCc1ccc(F)cc1Br)c1cccc(Cl)c1. The first-order chi connectivity index (χ1) is 9.60. The summed E-state index contributed by atoms with van der Waals surface area (Å²) in [5.41, 5.74) is 2.20. The van der Waals surface area contributed by atoms with Crippen molar-refractivity contribution in [2.45, 2.75) is 25.9 Å². The van der Waals surface area contributed by atoms with Crippen LogP contribution in [0.2, 0.25) is 5.02 Å². The number of nitrogens with one attached hydrogen (secondary N) is 1. The highest BCUT2D eigenvalue weighted by atomic mass is 79.9. The summed E-state index contributed by atoms with van der Waals surface area (Å²) in [6, 6.07) is 12.8. The molecular formula is C16H16BrClFN. The van der Waals surface area contributed by atoms with Crippen LogP contribution in [0.1, 0.15) is 30.5 Å². The van der Waals surface area contributed by atoms with Gasteiger partial charge < -0.3 is 5.32 Å². The van der Waals surface area contributed by atoms with Crippen LogP contribution in [-0.4, -0.2) is 0 Å². The van der Waals surface area contributed by atoms with E-state index in [2.05, 4.69) is 34.2 Å². The molecule has 2 rings (SSSR count). The van der Waals surface area contributed by atoms with Gasteiger partial charge in [0.25, 0.3) is 0 Å². The Bertz CT molecular complexity index is 588. The minimum Gasteiger partial charge on any atom is -0.306 e. The maximum absolute atomic E-state index is 13.1. The molecule has 106 valence electrons. The first-order valence-electron chi connectivity index (χ1n) is 6.53. The minimum atomic E-state index is -0.234. The van der Waals surface area contributed by atoms with Crippen molar-refractivity contribution < 1.29 is 4.39 Å². The predicted octanol–water partition coefficient (Wildman–Crippen LogP) is 5.48. The van der Waals surface area contributed by atoms with Crippen molar-refractivity contribution in [3.05, 3.63) is 68.9 Å². The summed E-state index contributed by atoms with van der Waals surface area (Å²) in [7, 11) is 0. The molecule has 0 bridgehead atoms. The van der Waals surface area contributed by atoms with Gasteiger partial charge in [-0.05, 0) is 41.8 Å². The molecule has 0 aromatic heterocycles. The highest BCUT2D eigenvalue weighted by Crippen LogP contribution is 2.23. The van der Waals surface area contributed by atoms with Gasteiger partial charge in [-0.2, -0.15) is 0 Å². The summed E-state index contributed by atoms with van der Waals surface area (Å²) < 4.78 is 13.8. The van der Waals surface area contributed by atoms with Gasteiger partial charge in [0.2, 0.25) is 0 Å². The van der Waals surface area contributed by atoms with Gasteiger partial charge in [0.15, 0.2) is 0 Å². The number of rotatable bonds is 5. The van der Waals surface area contributed by atoms with E-state index < -0.39 is 0 Å². The average molecular weight is 357 g/mol. The van der Waals surface area contributed by atoms with Crippen LogP contribution in [0, 0.1) is 5.82 Å². The van der Waals surface area contributed by atoms with Crippen LogP contribution >= 0.6 is 27.5 Å². The molecule has 0 amide bonds. The maximum Gasteiger partial charge on any atom is 0.124 e. The molecular weight excluding hydrogens is 341 g/mol. The van der Waals surface area contributed by atoms with Gasteiger partial charge >= 0.3 is 0 Å². The Morgan fingerprint density at radius 2 is 2.05 bits per heavy atom. The van der Waals surface area contributed by atoms with E-state index in [1.54, 1.807) is 6.07 Å². The molecule has 1 N–H and O–H groups in total. The molecule has 0 aliphatic rings. The zero-order chi connectivity index (χ0) is 14.5. The lowest BCUT2D eigenvalue weighted by Gasteiger charge is -2.18. The van der Waals surface area contributed by atoms with Crippen molar-refractivity contribution in [2.75, 3.05) is 0 Å². The first kappa shape index (κ1) is 15.5. The fourth-order valence-electron chi connectivity index (χ4n) is 2.12. The Morgan fingerprint density at radius 1 is 1.25 bits per heavy atom. The zero-order valence-corrected chi connectivity index (χ0v) is 13.5. The third-order valence-corrected chi connectivity index (χ3v) is 4.19. The van der Waals surface area contributed by atoms with Crippen LogP contribution in [0.25, 0.3) is 0 Å². The summed E-state index contributed by atoms with van der Waals surface area (Å²) in [5.74, 6) is -0.234. The molecule has 1 atom stereocenters. The average Bonchev–Trinajstić information content (AvgIpc) is 2.41. The van der Waals surface area contributed by atoms with E-state index in [0.717, 1.165) is 21.5 Å². The molecule has 0 fully saturated rings. The van der Waals surface area contributed by atoms with E-state index in [-0.39, 0.29) is 11.9 Å². The summed E-state index contributed by atoms with van der Waals surface area (Å²) >= 11 is 9.41. The smallest absolute Gasteiger partial charge is 0.124 e. The molecule has 0 aliphatic heterocycles. The van der Waals surface area contributed by atoms with Crippen molar-refractivity contribution in [3.8, 4) is 0 Å². The Hall–Kier alpha value is -0.900. The van der Waals surface area contributed by atoms with Crippen molar-refractivity contribution in [3.63, 3.8) is 0 Å². The molecule has 20 heavy (non-hydrogen) atoms. The van der Waals surface area contributed by atoms with Crippen LogP contribution in [0.15, 0.2) is 46.9 Å². The lowest BCUT2D eigenvalue weighted by atomic mass is 10.0. The zero-order valence-electron chi connectivity index (χ0n) is 11.2. The standard InChI is InChI=1S/C16H16BrClFN/c1-2-16(11-4-3-5-13(18)8-11)20-10-12-6-7-14(19)9-15(12)17/h3-9,16,20H,2,10H2,1H3. The highest BCUT2D eigenvalue weighted by molar-refractivity contribution is 9.10. The lowest BCUT2D eigenvalue weighted by Crippen LogP contribution is -2.20. The molecule has 0 heterocycles. The largest absolute Gasteiger partial charge is 0.306 e. The molecule has 0 aliphatic carbocycles. The number of hydrogen-bond donors (Lipinski definition) is 1. The second-order valence-electron chi connectivity index (χ2n) is 4.63. The first-order valence-corrected chi connectivity index (χ1v) is 7.70. The van der Waals surface area contributed by atoms with E-state index in [0.29, 0.717) is 6.54 Å². The van der Waals surface area contributed by atoms with Crippen LogP contribution < -0.4 is 5.32 Å². The Morgan fingerprint density at radius 3 is 2.70 bits per heavy atom. The molecule has 2 aromatic rings. The van der Waals surface area contributed by atoms with Crippen molar-refractivity contribution in [2.24, 2.45) is 0 Å². The summed E-state index contributed by atoms with van der Waals surface area (Å²) in [5, 5.41) is 4.22. The highest BCUT2D eigenvalue weighted by Gasteiger charge is 2.10. The van der Waals surface area contributed by atoms with E-state index in [1.165, 1.54) is 17.7 Å². The second-order valence-corrected chi connectivity index (χ2v) is 5.92. The van der Waals surface area contributed by atoms with Gasteiger partial charge in [-0.25, -0.2) is 4.39 Å². The topological polar surface area (TPSA) is 12.0 Å². The Kier molecular flexibility index (Phi) is 5.58. The predicted molar refractivity (Wildman–Crippen MR) is 85.4 cm³/mol. The molecule has 0 saturated carbocycles. The quantitative estimate of drug-likeness (QED) is 0.747. The van der Waals surface area contributed by atoms with E-state index in [9.17, 15) is 4.39 Å².